The Bertz CT molecular complexity index is 547. The van der Waals surface area contributed by atoms with Gasteiger partial charge in [-0.25, -0.2) is 0 Å². The average Bonchev–Trinajstić information content (AvgIpc) is 2.73. The minimum atomic E-state index is -0.908. The highest BCUT2D eigenvalue weighted by atomic mass is 31.2. The lowest BCUT2D eigenvalue weighted by atomic mass is 9.88. The van der Waals surface area contributed by atoms with Crippen LogP contribution in [0.15, 0.2) is 24.3 Å². The van der Waals surface area contributed by atoms with Crippen molar-refractivity contribution in [3.63, 3.8) is 0 Å². The van der Waals surface area contributed by atoms with Crippen LogP contribution in [0.2, 0.25) is 0 Å². The van der Waals surface area contributed by atoms with Gasteiger partial charge in [0.15, 0.2) is 0 Å². The third-order valence-corrected chi connectivity index (χ3v) is 11.4. The van der Waals surface area contributed by atoms with Crippen LogP contribution in [0.1, 0.15) is 103 Å². The number of amides is 1. The summed E-state index contributed by atoms with van der Waals surface area (Å²) in [5.41, 5.74) is 8.42. The Morgan fingerprint density at radius 2 is 1.38 bits per heavy atom. The summed E-state index contributed by atoms with van der Waals surface area (Å²) < 4.78 is 0. The van der Waals surface area contributed by atoms with E-state index in [9.17, 15) is 4.79 Å². The number of primary amides is 1. The van der Waals surface area contributed by atoms with Crippen LogP contribution >= 0.6 is 7.26 Å². The smallest absolute Gasteiger partial charge is 0.220 e. The molecule has 3 heteroatoms. The molecular weight excluding hydrogens is 373 g/mol. The molecule has 0 aliphatic heterocycles. The van der Waals surface area contributed by atoms with Crippen molar-refractivity contribution in [3.8, 4) is 0 Å². The molecule has 1 rings (SSSR count). The van der Waals surface area contributed by atoms with Gasteiger partial charge in [-0.2, -0.15) is 0 Å². The molecule has 0 aromatic heterocycles. The Morgan fingerprint density at radius 3 is 1.76 bits per heavy atom. The van der Waals surface area contributed by atoms with Gasteiger partial charge in [0.25, 0.3) is 0 Å². The number of carbonyl (C=O) groups excluding carboxylic acids is 1. The molecule has 2 nitrogen and oxygen atoms in total. The first-order valence-electron chi connectivity index (χ1n) is 12.1. The molecular formula is C26H47NOP+. The highest BCUT2D eigenvalue weighted by Crippen LogP contribution is 2.63. The molecule has 29 heavy (non-hydrogen) atoms. The minimum absolute atomic E-state index is 0.0135. The van der Waals surface area contributed by atoms with E-state index < -0.39 is 7.26 Å². The highest BCUT2D eigenvalue weighted by molar-refractivity contribution is 7.75. The van der Waals surface area contributed by atoms with Crippen molar-refractivity contribution in [2.75, 3.05) is 18.5 Å². The van der Waals surface area contributed by atoms with Crippen LogP contribution in [-0.2, 0) is 11.0 Å². The molecule has 0 heterocycles. The van der Waals surface area contributed by atoms with Gasteiger partial charge in [-0.3, -0.25) is 4.79 Å². The van der Waals surface area contributed by atoms with Crippen LogP contribution in [-0.4, -0.2) is 24.4 Å². The van der Waals surface area contributed by atoms with E-state index in [0.29, 0.717) is 5.92 Å². The number of rotatable bonds is 16. The monoisotopic (exact) mass is 420 g/mol. The lowest BCUT2D eigenvalue weighted by molar-refractivity contribution is -0.122. The van der Waals surface area contributed by atoms with Crippen LogP contribution < -0.4 is 5.73 Å². The van der Waals surface area contributed by atoms with Crippen LogP contribution in [0, 0.1) is 5.92 Å². The molecule has 0 radical (unpaired) electrons. The molecule has 0 fully saturated rings. The van der Waals surface area contributed by atoms with Crippen LogP contribution in [0.25, 0.3) is 0 Å². The van der Waals surface area contributed by atoms with Crippen LogP contribution in [0.4, 0.5) is 0 Å². The molecule has 0 aliphatic carbocycles. The predicted molar refractivity (Wildman–Crippen MR) is 132 cm³/mol. The predicted octanol–water partition coefficient (Wildman–Crippen LogP) is 7.61. The number of unbranched alkanes of at least 4 members (excludes halogenated alkanes) is 3. The van der Waals surface area contributed by atoms with E-state index in [2.05, 4.69) is 58.9 Å². The largest absolute Gasteiger partial charge is 0.369 e. The van der Waals surface area contributed by atoms with Crippen LogP contribution in [0.5, 0.6) is 0 Å². The fourth-order valence-electron chi connectivity index (χ4n) is 4.44. The maximum Gasteiger partial charge on any atom is 0.220 e. The van der Waals surface area contributed by atoms with Gasteiger partial charge in [-0.15, -0.1) is 0 Å². The van der Waals surface area contributed by atoms with E-state index in [1.165, 1.54) is 74.3 Å². The van der Waals surface area contributed by atoms with E-state index in [4.69, 9.17) is 5.73 Å². The normalized spacial score (nSPS) is 14.0. The van der Waals surface area contributed by atoms with E-state index >= 15 is 0 Å². The van der Waals surface area contributed by atoms with Crippen molar-refractivity contribution in [2.24, 2.45) is 11.7 Å². The molecule has 0 spiro atoms. The summed E-state index contributed by atoms with van der Waals surface area (Å²) in [5, 5.41) is 0. The van der Waals surface area contributed by atoms with Crippen molar-refractivity contribution < 1.29 is 4.79 Å². The first-order chi connectivity index (χ1) is 13.9. The van der Waals surface area contributed by atoms with Crippen LogP contribution in [0.3, 0.4) is 0 Å². The Labute approximate surface area is 181 Å². The zero-order valence-corrected chi connectivity index (χ0v) is 20.8. The minimum Gasteiger partial charge on any atom is -0.369 e. The first-order valence-corrected chi connectivity index (χ1v) is 14.7. The SMILES string of the molecule is CCCC[P+](CCCC)(CCCC)Cc1ccc(C(C)CC(CC)C(N)=O)cc1. The summed E-state index contributed by atoms with van der Waals surface area (Å²) in [6.07, 6.45) is 15.5. The molecule has 1 amide bonds. The molecule has 0 saturated carbocycles. The van der Waals surface area contributed by atoms with Gasteiger partial charge in [0.05, 0.1) is 24.6 Å². The molecule has 0 aliphatic rings. The maximum absolute atomic E-state index is 11.6. The Morgan fingerprint density at radius 1 is 0.897 bits per heavy atom. The summed E-state index contributed by atoms with van der Waals surface area (Å²) >= 11 is 0. The zero-order chi connectivity index (χ0) is 21.7. The quantitative estimate of drug-likeness (QED) is 0.275. The molecule has 166 valence electrons. The zero-order valence-electron chi connectivity index (χ0n) is 19.9. The van der Waals surface area contributed by atoms with Crippen molar-refractivity contribution in [1.82, 2.24) is 0 Å². The van der Waals surface area contributed by atoms with Crippen molar-refractivity contribution in [2.45, 2.75) is 98.1 Å². The number of hydrogen-bond donors (Lipinski definition) is 1. The average molecular weight is 421 g/mol. The molecule has 2 atom stereocenters. The molecule has 1 aromatic rings. The van der Waals surface area contributed by atoms with Gasteiger partial charge >= 0.3 is 0 Å². The van der Waals surface area contributed by atoms with Crippen molar-refractivity contribution in [1.29, 1.82) is 0 Å². The fraction of sp³-hybridized carbons (Fsp3) is 0.731. The number of benzene rings is 1. The summed E-state index contributed by atoms with van der Waals surface area (Å²) in [6.45, 7) is 11.3. The third kappa shape index (κ3) is 9.20. The lowest BCUT2D eigenvalue weighted by Gasteiger charge is -2.28. The van der Waals surface area contributed by atoms with E-state index in [1.807, 2.05) is 0 Å². The Hall–Kier alpha value is -0.880. The summed E-state index contributed by atoms with van der Waals surface area (Å²) in [4.78, 5) is 11.6. The fourth-order valence-corrected chi connectivity index (χ4v) is 9.53. The molecule has 2 unspecified atom stereocenters. The van der Waals surface area contributed by atoms with Crippen molar-refractivity contribution >= 4 is 13.2 Å². The van der Waals surface area contributed by atoms with Gasteiger partial charge in [0.1, 0.15) is 0 Å². The van der Waals surface area contributed by atoms with Gasteiger partial charge in [0.2, 0.25) is 5.91 Å². The summed E-state index contributed by atoms with van der Waals surface area (Å²) in [5.74, 6) is 0.204. The summed E-state index contributed by atoms with van der Waals surface area (Å²) in [6, 6.07) is 9.36. The van der Waals surface area contributed by atoms with E-state index in [-0.39, 0.29) is 11.8 Å². The summed E-state index contributed by atoms with van der Waals surface area (Å²) in [7, 11) is -0.908. The highest BCUT2D eigenvalue weighted by Gasteiger charge is 2.35. The number of carbonyl (C=O) groups is 1. The van der Waals surface area contributed by atoms with E-state index in [1.54, 1.807) is 0 Å². The number of nitrogens with two attached hydrogens (primary N) is 1. The van der Waals surface area contributed by atoms with E-state index in [0.717, 1.165) is 12.8 Å². The second-order valence-corrected chi connectivity index (χ2v) is 13.5. The van der Waals surface area contributed by atoms with Gasteiger partial charge in [-0.1, -0.05) is 78.1 Å². The lowest BCUT2D eigenvalue weighted by Crippen LogP contribution is -2.24. The van der Waals surface area contributed by atoms with Gasteiger partial charge < -0.3 is 5.73 Å². The molecule has 1 aromatic carbocycles. The third-order valence-electron chi connectivity index (χ3n) is 6.56. The van der Waals surface area contributed by atoms with Gasteiger partial charge in [-0.05, 0) is 49.1 Å². The number of hydrogen-bond acceptors (Lipinski definition) is 1. The Balaban J connectivity index is 2.91. The maximum atomic E-state index is 11.6. The molecule has 2 N–H and O–H groups in total. The second kappa shape index (κ2) is 14.2. The molecule has 0 bridgehead atoms. The molecule has 0 saturated heterocycles. The standard InChI is InChI=1S/C26H46NOP/c1-6-10-17-29(18-11-7-2,19-12-8-3)21-23-13-15-25(16-14-23)22(5)20-24(9-4)26(27)28/h13-16,22,24H,6-12,17-21H2,1-5H3,(H-,27,28)/p+1. The van der Waals surface area contributed by atoms with Gasteiger partial charge in [0, 0.05) is 13.2 Å². The Kier molecular flexibility index (Phi) is 12.8. The first kappa shape index (κ1) is 26.2. The van der Waals surface area contributed by atoms with Crippen molar-refractivity contribution in [3.05, 3.63) is 35.4 Å². The topological polar surface area (TPSA) is 43.1 Å². The second-order valence-electron chi connectivity index (χ2n) is 9.12.